The van der Waals surface area contributed by atoms with Gasteiger partial charge in [0.25, 0.3) is 0 Å². The minimum Gasteiger partial charge on any atom is -0.325 e. The first-order valence-electron chi connectivity index (χ1n) is 7.30. The monoisotopic (exact) mass is 317 g/mol. The number of aryl methyl sites for hydroxylation is 1. The average Bonchev–Trinajstić information content (AvgIpc) is 3.15. The fourth-order valence-electron chi connectivity index (χ4n) is 2.58. The van der Waals surface area contributed by atoms with Crippen molar-refractivity contribution in [1.29, 1.82) is 0 Å². The molecule has 1 unspecified atom stereocenters. The molecule has 1 aromatic carbocycles. The number of carbonyl (C=O) groups is 1. The molecule has 1 amide bonds. The Kier molecular flexibility index (Phi) is 4.66. The highest BCUT2D eigenvalue weighted by Gasteiger charge is 2.32. The Bertz CT molecular complexity index is 592. The zero-order valence-corrected chi connectivity index (χ0v) is 13.8. The van der Waals surface area contributed by atoms with Crippen molar-refractivity contribution in [3.05, 3.63) is 57.8 Å². The van der Waals surface area contributed by atoms with E-state index < -0.39 is 0 Å². The van der Waals surface area contributed by atoms with Gasteiger partial charge in [0, 0.05) is 11.4 Å². The summed E-state index contributed by atoms with van der Waals surface area (Å²) in [5.74, 6) is 0.867. The summed E-state index contributed by atoms with van der Waals surface area (Å²) in [6.45, 7) is 2.97. The first-order chi connectivity index (χ1) is 10.3. The lowest BCUT2D eigenvalue weighted by molar-refractivity contribution is -0.128. The van der Waals surface area contributed by atoms with Crippen LogP contribution in [0.1, 0.15) is 28.3 Å². The summed E-state index contributed by atoms with van der Waals surface area (Å²) in [6.07, 6.45) is 2.01. The number of thioether (sulfide) groups is 1. The Hall–Kier alpha value is -1.26. The van der Waals surface area contributed by atoms with Gasteiger partial charge in [0.1, 0.15) is 5.37 Å². The molecule has 1 aliphatic rings. The molecule has 1 saturated heterocycles. The van der Waals surface area contributed by atoms with E-state index in [1.165, 1.54) is 16.0 Å². The van der Waals surface area contributed by atoms with Crippen LogP contribution in [0.25, 0.3) is 0 Å². The maximum atomic E-state index is 12.1. The number of carbonyl (C=O) groups excluding carboxylic acids is 1. The van der Waals surface area contributed by atoms with Gasteiger partial charge in [-0.15, -0.1) is 23.1 Å². The summed E-state index contributed by atoms with van der Waals surface area (Å²) < 4.78 is 0. The summed E-state index contributed by atoms with van der Waals surface area (Å²) in [4.78, 5) is 15.5. The van der Waals surface area contributed by atoms with Crippen molar-refractivity contribution in [2.24, 2.45) is 0 Å². The molecule has 0 spiro atoms. The zero-order valence-electron chi connectivity index (χ0n) is 12.1. The van der Waals surface area contributed by atoms with Gasteiger partial charge in [-0.25, -0.2) is 0 Å². The van der Waals surface area contributed by atoms with Crippen LogP contribution < -0.4 is 0 Å². The Balaban J connectivity index is 1.71. The maximum absolute atomic E-state index is 12.1. The largest absolute Gasteiger partial charge is 0.325 e. The van der Waals surface area contributed by atoms with Crippen LogP contribution in [-0.2, 0) is 17.6 Å². The molecule has 1 aliphatic heterocycles. The maximum Gasteiger partial charge on any atom is 0.233 e. The van der Waals surface area contributed by atoms with E-state index in [-0.39, 0.29) is 11.3 Å². The number of rotatable bonds is 5. The van der Waals surface area contributed by atoms with Crippen LogP contribution in [0.2, 0.25) is 0 Å². The fraction of sp³-hybridized carbons (Fsp3) is 0.353. The molecular formula is C17H19NOS2. The highest BCUT2D eigenvalue weighted by atomic mass is 32.2. The van der Waals surface area contributed by atoms with Crippen molar-refractivity contribution >= 4 is 29.0 Å². The van der Waals surface area contributed by atoms with E-state index in [0.717, 1.165) is 19.4 Å². The van der Waals surface area contributed by atoms with Gasteiger partial charge in [0.05, 0.1) is 5.75 Å². The second-order valence-corrected chi connectivity index (χ2v) is 7.28. The van der Waals surface area contributed by atoms with Gasteiger partial charge >= 0.3 is 0 Å². The third-order valence-corrected chi connectivity index (χ3v) is 6.01. The molecule has 2 heterocycles. The van der Waals surface area contributed by atoms with Crippen molar-refractivity contribution in [3.63, 3.8) is 0 Å². The van der Waals surface area contributed by atoms with Crippen LogP contribution in [0, 0.1) is 0 Å². The lowest BCUT2D eigenvalue weighted by Gasteiger charge is -2.24. The van der Waals surface area contributed by atoms with E-state index in [9.17, 15) is 4.79 Å². The lowest BCUT2D eigenvalue weighted by Crippen LogP contribution is -2.30. The molecule has 21 heavy (non-hydrogen) atoms. The van der Waals surface area contributed by atoms with E-state index in [1.807, 2.05) is 4.90 Å². The highest BCUT2D eigenvalue weighted by molar-refractivity contribution is 8.00. The van der Waals surface area contributed by atoms with Gasteiger partial charge in [-0.2, -0.15) is 0 Å². The number of benzene rings is 1. The molecule has 2 nitrogen and oxygen atoms in total. The first kappa shape index (κ1) is 14.7. The van der Waals surface area contributed by atoms with Crippen LogP contribution >= 0.6 is 23.1 Å². The molecular weight excluding hydrogens is 298 g/mol. The molecule has 0 saturated carbocycles. The third kappa shape index (κ3) is 3.33. The number of thiophene rings is 1. The molecule has 2 aromatic rings. The molecule has 110 valence electrons. The van der Waals surface area contributed by atoms with E-state index in [4.69, 9.17) is 0 Å². The molecule has 0 aliphatic carbocycles. The Labute approximate surface area is 134 Å². The van der Waals surface area contributed by atoms with Crippen molar-refractivity contribution in [2.75, 3.05) is 12.3 Å². The van der Waals surface area contributed by atoms with Gasteiger partial charge < -0.3 is 4.90 Å². The standard InChI is InChI=1S/C17H19NOS2/c1-2-13-5-7-14(8-6-13)17-18(16(19)12-21-17)10-9-15-4-3-11-20-15/h3-8,11,17H,2,9-10,12H2,1H3. The predicted molar refractivity (Wildman–Crippen MR) is 90.8 cm³/mol. The normalized spacial score (nSPS) is 18.4. The summed E-state index contributed by atoms with van der Waals surface area (Å²) in [5.41, 5.74) is 2.59. The quantitative estimate of drug-likeness (QED) is 0.826. The number of hydrogen-bond acceptors (Lipinski definition) is 3. The second kappa shape index (κ2) is 6.67. The highest BCUT2D eigenvalue weighted by Crippen LogP contribution is 2.38. The number of hydrogen-bond donors (Lipinski definition) is 0. The first-order valence-corrected chi connectivity index (χ1v) is 9.23. The van der Waals surface area contributed by atoms with Crippen molar-refractivity contribution in [2.45, 2.75) is 25.1 Å². The number of amides is 1. The third-order valence-electron chi connectivity index (χ3n) is 3.82. The van der Waals surface area contributed by atoms with Crippen LogP contribution in [0.4, 0.5) is 0 Å². The Morgan fingerprint density at radius 3 is 2.71 bits per heavy atom. The fourth-order valence-corrected chi connectivity index (χ4v) is 4.49. The van der Waals surface area contributed by atoms with Crippen LogP contribution in [-0.4, -0.2) is 23.1 Å². The second-order valence-electron chi connectivity index (χ2n) is 5.17. The van der Waals surface area contributed by atoms with Crippen LogP contribution in [0.3, 0.4) is 0 Å². The van der Waals surface area contributed by atoms with Crippen LogP contribution in [0.5, 0.6) is 0 Å². The lowest BCUT2D eigenvalue weighted by atomic mass is 10.1. The molecule has 1 aromatic heterocycles. The Morgan fingerprint density at radius 2 is 2.05 bits per heavy atom. The van der Waals surface area contributed by atoms with Gasteiger partial charge in [-0.05, 0) is 35.4 Å². The summed E-state index contributed by atoms with van der Waals surface area (Å²) in [6, 6.07) is 12.9. The van der Waals surface area contributed by atoms with Gasteiger partial charge in [-0.3, -0.25) is 4.79 Å². The van der Waals surface area contributed by atoms with E-state index >= 15 is 0 Å². The molecule has 0 N–H and O–H groups in total. The zero-order chi connectivity index (χ0) is 14.7. The Morgan fingerprint density at radius 1 is 1.24 bits per heavy atom. The van der Waals surface area contributed by atoms with Crippen LogP contribution in [0.15, 0.2) is 41.8 Å². The summed E-state index contributed by atoms with van der Waals surface area (Å²) in [5, 5.41) is 2.28. The van der Waals surface area contributed by atoms with Gasteiger partial charge in [0.15, 0.2) is 0 Å². The van der Waals surface area contributed by atoms with Crippen molar-refractivity contribution < 1.29 is 4.79 Å². The number of nitrogens with zero attached hydrogens (tertiary/aromatic N) is 1. The molecule has 4 heteroatoms. The minimum atomic E-state index is 0.184. The topological polar surface area (TPSA) is 20.3 Å². The molecule has 0 radical (unpaired) electrons. The summed E-state index contributed by atoms with van der Waals surface area (Å²) >= 11 is 3.51. The minimum absolute atomic E-state index is 0.184. The summed E-state index contributed by atoms with van der Waals surface area (Å²) in [7, 11) is 0. The smallest absolute Gasteiger partial charge is 0.233 e. The van der Waals surface area contributed by atoms with Gasteiger partial charge in [-0.1, -0.05) is 37.3 Å². The SMILES string of the molecule is CCc1ccc(C2SCC(=O)N2CCc2cccs2)cc1. The van der Waals surface area contributed by atoms with E-state index in [1.54, 1.807) is 23.1 Å². The average molecular weight is 317 g/mol. The van der Waals surface area contributed by atoms with Gasteiger partial charge in [0.2, 0.25) is 5.91 Å². The van der Waals surface area contributed by atoms with Crippen molar-refractivity contribution in [1.82, 2.24) is 4.90 Å². The van der Waals surface area contributed by atoms with E-state index in [2.05, 4.69) is 48.7 Å². The molecule has 1 atom stereocenters. The predicted octanol–water partition coefficient (Wildman–Crippen LogP) is 4.13. The van der Waals surface area contributed by atoms with Crippen molar-refractivity contribution in [3.8, 4) is 0 Å². The molecule has 1 fully saturated rings. The molecule has 3 rings (SSSR count). The molecule has 0 bridgehead atoms. The van der Waals surface area contributed by atoms with E-state index in [0.29, 0.717) is 5.75 Å².